The Bertz CT molecular complexity index is 1320. The number of carbonyl (C=O) groups excluding carboxylic acids is 2. The molecule has 2 amide bonds. The highest BCUT2D eigenvalue weighted by molar-refractivity contribution is 6.31. The first-order valence-corrected chi connectivity index (χ1v) is 10.8. The maximum absolute atomic E-state index is 12.9. The number of nitrogens with one attached hydrogen (secondary N) is 2. The van der Waals surface area contributed by atoms with Crippen LogP contribution < -0.4 is 10.6 Å². The molecule has 0 aliphatic heterocycles. The van der Waals surface area contributed by atoms with Crippen LogP contribution in [0.25, 0.3) is 0 Å². The summed E-state index contributed by atoms with van der Waals surface area (Å²) < 4.78 is 0. The second kappa shape index (κ2) is 12.0. The zero-order valence-corrected chi connectivity index (χ0v) is 19.6. The van der Waals surface area contributed by atoms with Gasteiger partial charge in [-0.05, 0) is 48.0 Å². The highest BCUT2D eigenvalue weighted by Crippen LogP contribution is 2.23. The summed E-state index contributed by atoms with van der Waals surface area (Å²) in [4.78, 5) is 29.8. The Morgan fingerprint density at radius 3 is 2.57 bits per heavy atom. The molecule has 3 rings (SSSR count). The number of hydrogen-bond acceptors (Lipinski definition) is 6. The van der Waals surface area contributed by atoms with Crippen molar-refractivity contribution < 1.29 is 9.59 Å². The second-order valence-corrected chi connectivity index (χ2v) is 7.77. The van der Waals surface area contributed by atoms with Gasteiger partial charge in [0, 0.05) is 35.9 Å². The molecule has 0 bridgehead atoms. The molecular weight excluding hydrogens is 464 g/mol. The molecule has 9 heteroatoms. The Morgan fingerprint density at radius 1 is 1.14 bits per heavy atom. The summed E-state index contributed by atoms with van der Waals surface area (Å²) in [5, 5.41) is 20.3. The molecule has 35 heavy (non-hydrogen) atoms. The summed E-state index contributed by atoms with van der Waals surface area (Å²) in [6.07, 6.45) is 8.82. The highest BCUT2D eigenvalue weighted by atomic mass is 35.5. The van der Waals surface area contributed by atoms with Crippen molar-refractivity contribution in [3.63, 3.8) is 0 Å². The van der Waals surface area contributed by atoms with Gasteiger partial charge in [-0.2, -0.15) is 10.4 Å². The number of carbonyl (C=O) groups is 2. The highest BCUT2D eigenvalue weighted by Gasteiger charge is 2.16. The van der Waals surface area contributed by atoms with Crippen LogP contribution in [0, 0.1) is 23.7 Å². The minimum Gasteiger partial charge on any atom is -0.321 e. The van der Waals surface area contributed by atoms with Crippen molar-refractivity contribution in [3.05, 3.63) is 88.1 Å². The summed E-state index contributed by atoms with van der Waals surface area (Å²) in [5.74, 6) is 1.88. The van der Waals surface area contributed by atoms with Crippen LogP contribution in [0.1, 0.15) is 38.3 Å². The van der Waals surface area contributed by atoms with Crippen molar-refractivity contribution in [2.24, 2.45) is 5.10 Å². The zero-order chi connectivity index (χ0) is 25.2. The van der Waals surface area contributed by atoms with Gasteiger partial charge in [0.25, 0.3) is 11.8 Å². The van der Waals surface area contributed by atoms with Gasteiger partial charge in [0.2, 0.25) is 0 Å². The molecule has 0 radical (unpaired) electrons. The van der Waals surface area contributed by atoms with Gasteiger partial charge < -0.3 is 10.6 Å². The van der Waals surface area contributed by atoms with Crippen LogP contribution in [-0.4, -0.2) is 41.6 Å². The molecule has 174 valence electrons. The summed E-state index contributed by atoms with van der Waals surface area (Å²) in [6.45, 7) is 0.525. The average molecular weight is 485 g/mol. The van der Waals surface area contributed by atoms with Crippen molar-refractivity contribution in [2.45, 2.75) is 6.42 Å². The number of rotatable bonds is 8. The fraction of sp³-hybridized carbons (Fsp3) is 0.115. The number of pyridine rings is 1. The Balaban J connectivity index is 1.71. The molecule has 1 heterocycles. The number of halogens is 1. The average Bonchev–Trinajstić information content (AvgIpc) is 2.87. The third-order valence-electron chi connectivity index (χ3n) is 4.77. The quantitative estimate of drug-likeness (QED) is 0.280. The Labute approximate surface area is 208 Å². The normalized spacial score (nSPS) is 10.3. The summed E-state index contributed by atoms with van der Waals surface area (Å²) in [6, 6.07) is 16.7. The van der Waals surface area contributed by atoms with Crippen molar-refractivity contribution in [1.82, 2.24) is 9.99 Å². The molecule has 2 N–H and O–H groups in total. The number of aromatic nitrogens is 1. The van der Waals surface area contributed by atoms with Crippen LogP contribution in [0.5, 0.6) is 0 Å². The lowest BCUT2D eigenvalue weighted by atomic mass is 10.1. The van der Waals surface area contributed by atoms with E-state index in [4.69, 9.17) is 23.3 Å². The van der Waals surface area contributed by atoms with E-state index in [1.54, 1.807) is 66.8 Å². The van der Waals surface area contributed by atoms with Crippen LogP contribution in [0.2, 0.25) is 5.02 Å². The van der Waals surface area contributed by atoms with Gasteiger partial charge in [0.15, 0.2) is 0 Å². The number of benzene rings is 2. The number of hydrazone groups is 1. The number of nitrogens with zero attached hydrogens (tertiary/aromatic N) is 4. The zero-order valence-electron chi connectivity index (χ0n) is 18.8. The van der Waals surface area contributed by atoms with E-state index in [0.717, 1.165) is 5.56 Å². The van der Waals surface area contributed by atoms with Crippen molar-refractivity contribution in [2.75, 3.05) is 24.2 Å². The van der Waals surface area contributed by atoms with Gasteiger partial charge in [-0.15, -0.1) is 6.42 Å². The topological polar surface area (TPSA) is 110 Å². The lowest BCUT2D eigenvalue weighted by Gasteiger charge is -2.12. The molecule has 8 nitrogen and oxygen atoms in total. The van der Waals surface area contributed by atoms with E-state index in [1.807, 2.05) is 0 Å². The molecule has 0 spiro atoms. The standard InChI is InChI=1S/C26H21ClN6O2/c1-3-18-7-12-24(29-16-18)32-26(35)22-15-21(27)10-11-23(22)31-25(34)20-8-5-19(6-9-20)17-30-33(2)14-4-13-28/h1,5-12,15-17H,4,14H2,2H3,(H,31,34)(H,29,32,35). The largest absolute Gasteiger partial charge is 0.321 e. The maximum Gasteiger partial charge on any atom is 0.258 e. The molecule has 0 saturated heterocycles. The number of anilines is 2. The fourth-order valence-corrected chi connectivity index (χ4v) is 3.07. The summed E-state index contributed by atoms with van der Waals surface area (Å²) in [5.41, 5.74) is 2.25. The predicted molar refractivity (Wildman–Crippen MR) is 136 cm³/mol. The van der Waals surface area contributed by atoms with Crippen molar-refractivity contribution >= 4 is 41.1 Å². The molecule has 0 atom stereocenters. The van der Waals surface area contributed by atoms with Crippen molar-refractivity contribution in [1.29, 1.82) is 5.26 Å². The van der Waals surface area contributed by atoms with Crippen LogP contribution in [0.4, 0.5) is 11.5 Å². The first-order chi connectivity index (χ1) is 16.9. The monoisotopic (exact) mass is 484 g/mol. The van der Waals surface area contributed by atoms with Crippen LogP contribution in [0.15, 0.2) is 65.9 Å². The van der Waals surface area contributed by atoms with E-state index in [-0.39, 0.29) is 5.56 Å². The smallest absolute Gasteiger partial charge is 0.258 e. The molecule has 0 aliphatic rings. The molecule has 0 saturated carbocycles. The molecule has 2 aromatic carbocycles. The predicted octanol–water partition coefficient (Wildman–Crippen LogP) is 4.40. The molecule has 0 unspecified atom stereocenters. The SMILES string of the molecule is C#Cc1ccc(NC(=O)c2cc(Cl)ccc2NC(=O)c2ccc(C=NN(C)CCC#N)cc2)nc1. The number of amides is 2. The third-order valence-corrected chi connectivity index (χ3v) is 5.01. The van der Waals surface area contributed by atoms with Gasteiger partial charge >= 0.3 is 0 Å². The molecule has 0 aliphatic carbocycles. The molecular formula is C26H21ClN6O2. The van der Waals surface area contributed by atoms with E-state index >= 15 is 0 Å². The van der Waals surface area contributed by atoms with E-state index in [0.29, 0.717) is 40.6 Å². The molecule has 0 fully saturated rings. The van der Waals surface area contributed by atoms with E-state index in [9.17, 15) is 9.59 Å². The number of terminal acetylenes is 1. The van der Waals surface area contributed by atoms with Gasteiger partial charge in [-0.1, -0.05) is 29.7 Å². The van der Waals surface area contributed by atoms with Crippen LogP contribution >= 0.6 is 11.6 Å². The summed E-state index contributed by atoms with van der Waals surface area (Å²) >= 11 is 6.09. The first kappa shape index (κ1) is 25.0. The third kappa shape index (κ3) is 7.16. The van der Waals surface area contributed by atoms with Gasteiger partial charge in [0.05, 0.1) is 30.0 Å². The Morgan fingerprint density at radius 2 is 1.91 bits per heavy atom. The fourth-order valence-electron chi connectivity index (χ4n) is 2.90. The Hall–Kier alpha value is -4.66. The lowest BCUT2D eigenvalue weighted by molar-refractivity contribution is 0.102. The maximum atomic E-state index is 12.9. The Kier molecular flexibility index (Phi) is 8.55. The van der Waals surface area contributed by atoms with Gasteiger partial charge in [-0.3, -0.25) is 14.6 Å². The first-order valence-electron chi connectivity index (χ1n) is 10.5. The van der Waals surface area contributed by atoms with Crippen LogP contribution in [0.3, 0.4) is 0 Å². The number of nitriles is 1. The van der Waals surface area contributed by atoms with E-state index in [2.05, 4.69) is 32.7 Å². The van der Waals surface area contributed by atoms with E-state index in [1.165, 1.54) is 12.3 Å². The molecule has 1 aromatic heterocycles. The summed E-state index contributed by atoms with van der Waals surface area (Å²) in [7, 11) is 1.78. The minimum absolute atomic E-state index is 0.179. The molecule has 3 aromatic rings. The minimum atomic E-state index is -0.490. The lowest BCUT2D eigenvalue weighted by Crippen LogP contribution is -2.18. The number of hydrogen-bond donors (Lipinski definition) is 2. The van der Waals surface area contributed by atoms with Crippen LogP contribution in [-0.2, 0) is 0 Å². The second-order valence-electron chi connectivity index (χ2n) is 7.33. The van der Waals surface area contributed by atoms with Gasteiger partial charge in [0.1, 0.15) is 5.82 Å². The van der Waals surface area contributed by atoms with Crippen molar-refractivity contribution in [3.8, 4) is 18.4 Å². The van der Waals surface area contributed by atoms with E-state index < -0.39 is 11.8 Å². The van der Waals surface area contributed by atoms with Gasteiger partial charge in [-0.25, -0.2) is 4.98 Å².